The van der Waals surface area contributed by atoms with Crippen LogP contribution in [0.15, 0.2) is 22.7 Å². The predicted octanol–water partition coefficient (Wildman–Crippen LogP) is 2.30. The first kappa shape index (κ1) is 14.0. The molecule has 1 aromatic heterocycles. The van der Waals surface area contributed by atoms with E-state index in [1.54, 1.807) is 6.07 Å². The monoisotopic (exact) mass is 319 g/mol. The normalized spacial score (nSPS) is 27.0. The molecule has 22 heavy (non-hydrogen) atoms. The number of amides is 1. The zero-order chi connectivity index (χ0) is 15.5. The fourth-order valence-corrected chi connectivity index (χ4v) is 3.85. The summed E-state index contributed by atoms with van der Waals surface area (Å²) in [5.41, 5.74) is 0.674. The molecule has 1 saturated heterocycles. The quantitative estimate of drug-likeness (QED) is 0.911. The number of carbonyl (C=O) groups excluding carboxylic acids is 1. The number of aromatic nitrogens is 1. The largest absolute Gasteiger partial charge is 0.354 e. The van der Waals surface area contributed by atoms with Gasteiger partial charge in [0.2, 0.25) is 5.91 Å². The maximum atomic E-state index is 12.5. The van der Waals surface area contributed by atoms with Gasteiger partial charge in [-0.25, -0.2) is 0 Å². The van der Waals surface area contributed by atoms with Gasteiger partial charge >= 0.3 is 0 Å². The van der Waals surface area contributed by atoms with E-state index in [0.717, 1.165) is 18.5 Å². The van der Waals surface area contributed by atoms with Crippen molar-refractivity contribution < 1.29 is 9.32 Å². The standard InChI is InChI=1S/C16H18ClN3O2/c1-16(2,19-15(21)12-9-6-18-7-10(9)12)14-8-4-3-5-11(17)13(8)22-20-14/h3-5,9-10,12,18H,6-7H2,1-2H3,(H,19,21)/t9-,10+,12+. The topological polar surface area (TPSA) is 67.2 Å². The van der Waals surface area contributed by atoms with Crippen LogP contribution in [0.3, 0.4) is 0 Å². The van der Waals surface area contributed by atoms with E-state index in [9.17, 15) is 4.79 Å². The fourth-order valence-electron chi connectivity index (χ4n) is 3.64. The van der Waals surface area contributed by atoms with Crippen LogP contribution in [0.4, 0.5) is 0 Å². The van der Waals surface area contributed by atoms with Gasteiger partial charge in [0.15, 0.2) is 5.58 Å². The number of halogens is 1. The van der Waals surface area contributed by atoms with Crippen LogP contribution in [0.2, 0.25) is 5.02 Å². The van der Waals surface area contributed by atoms with Gasteiger partial charge in [-0.1, -0.05) is 22.8 Å². The van der Waals surface area contributed by atoms with Crippen molar-refractivity contribution in [2.45, 2.75) is 19.4 Å². The molecule has 2 fully saturated rings. The number of hydrogen-bond donors (Lipinski definition) is 2. The molecule has 2 aromatic rings. The molecule has 1 aliphatic carbocycles. The minimum Gasteiger partial charge on any atom is -0.354 e. The van der Waals surface area contributed by atoms with E-state index < -0.39 is 5.54 Å². The third-order valence-corrected chi connectivity index (χ3v) is 5.17. The van der Waals surface area contributed by atoms with Gasteiger partial charge in [0.1, 0.15) is 5.69 Å². The lowest BCUT2D eigenvalue weighted by Crippen LogP contribution is -2.43. The number of para-hydroxylation sites is 1. The molecule has 116 valence electrons. The second-order valence-corrected chi connectivity index (χ2v) is 7.18. The predicted molar refractivity (Wildman–Crippen MR) is 83.5 cm³/mol. The van der Waals surface area contributed by atoms with E-state index in [1.165, 1.54) is 0 Å². The number of fused-ring (bicyclic) bond motifs is 2. The maximum absolute atomic E-state index is 12.5. The lowest BCUT2D eigenvalue weighted by atomic mass is 9.96. The Balaban J connectivity index is 1.59. The Kier molecular flexibility index (Phi) is 3.00. The summed E-state index contributed by atoms with van der Waals surface area (Å²) >= 11 is 6.12. The van der Waals surface area contributed by atoms with E-state index in [4.69, 9.17) is 16.1 Å². The zero-order valence-electron chi connectivity index (χ0n) is 12.5. The highest BCUT2D eigenvalue weighted by atomic mass is 35.5. The van der Waals surface area contributed by atoms with Crippen LogP contribution in [0.1, 0.15) is 19.5 Å². The summed E-state index contributed by atoms with van der Waals surface area (Å²) in [5, 5.41) is 12.0. The molecule has 1 aliphatic heterocycles. The van der Waals surface area contributed by atoms with Crippen LogP contribution in [0.5, 0.6) is 0 Å². The van der Waals surface area contributed by atoms with Crippen LogP contribution < -0.4 is 10.6 Å². The molecule has 5 nitrogen and oxygen atoms in total. The summed E-state index contributed by atoms with van der Waals surface area (Å²) in [6.45, 7) is 5.79. The lowest BCUT2D eigenvalue weighted by molar-refractivity contribution is -0.124. The first-order valence-corrected chi connectivity index (χ1v) is 7.94. The Morgan fingerprint density at radius 3 is 2.86 bits per heavy atom. The van der Waals surface area contributed by atoms with Crippen LogP contribution in [-0.4, -0.2) is 24.2 Å². The van der Waals surface area contributed by atoms with Gasteiger partial charge < -0.3 is 15.2 Å². The third kappa shape index (κ3) is 2.03. The highest BCUT2D eigenvalue weighted by Crippen LogP contribution is 2.49. The van der Waals surface area contributed by atoms with Gasteiger partial charge in [0.05, 0.1) is 10.6 Å². The zero-order valence-corrected chi connectivity index (χ0v) is 13.3. The SMILES string of the molecule is CC(C)(NC(=O)[C@H]1[C@@H]2CNC[C@@H]21)c1noc2c(Cl)cccc12. The van der Waals surface area contributed by atoms with E-state index in [-0.39, 0.29) is 11.8 Å². The van der Waals surface area contributed by atoms with Crippen molar-refractivity contribution in [1.29, 1.82) is 0 Å². The lowest BCUT2D eigenvalue weighted by Gasteiger charge is -2.24. The number of carbonyl (C=O) groups is 1. The molecule has 0 spiro atoms. The van der Waals surface area contributed by atoms with Crippen LogP contribution in [-0.2, 0) is 10.3 Å². The molecule has 0 bridgehead atoms. The molecular weight excluding hydrogens is 302 g/mol. The van der Waals surface area contributed by atoms with Crippen molar-refractivity contribution >= 4 is 28.5 Å². The molecule has 0 radical (unpaired) electrons. The number of rotatable bonds is 3. The Morgan fingerprint density at radius 2 is 2.14 bits per heavy atom. The third-order valence-electron chi connectivity index (χ3n) is 4.87. The summed E-state index contributed by atoms with van der Waals surface area (Å²) < 4.78 is 5.36. The maximum Gasteiger partial charge on any atom is 0.224 e. The second-order valence-electron chi connectivity index (χ2n) is 6.77. The van der Waals surface area contributed by atoms with Crippen molar-refractivity contribution in [2.24, 2.45) is 17.8 Å². The summed E-state index contributed by atoms with van der Waals surface area (Å²) in [6, 6.07) is 5.54. The molecule has 1 amide bonds. The van der Waals surface area contributed by atoms with Crippen LogP contribution in [0, 0.1) is 17.8 Å². The smallest absolute Gasteiger partial charge is 0.224 e. The average Bonchev–Trinajstić information content (AvgIpc) is 2.85. The van der Waals surface area contributed by atoms with Gasteiger partial charge in [0.25, 0.3) is 0 Å². The Bertz CT molecular complexity index is 745. The highest BCUT2D eigenvalue weighted by Gasteiger charge is 2.57. The van der Waals surface area contributed by atoms with E-state index in [2.05, 4.69) is 15.8 Å². The van der Waals surface area contributed by atoms with Crippen molar-refractivity contribution in [3.63, 3.8) is 0 Å². The molecule has 2 heterocycles. The number of piperidine rings is 1. The first-order chi connectivity index (χ1) is 10.5. The fraction of sp³-hybridized carbons (Fsp3) is 0.500. The molecule has 2 aliphatic rings. The molecule has 4 rings (SSSR count). The summed E-state index contributed by atoms with van der Waals surface area (Å²) in [5.74, 6) is 1.25. The van der Waals surface area contributed by atoms with Crippen molar-refractivity contribution in [3.8, 4) is 0 Å². The van der Waals surface area contributed by atoms with E-state index >= 15 is 0 Å². The number of hydrogen-bond acceptors (Lipinski definition) is 4. The van der Waals surface area contributed by atoms with Crippen molar-refractivity contribution in [3.05, 3.63) is 28.9 Å². The molecule has 2 N–H and O–H groups in total. The number of benzene rings is 1. The number of nitrogens with one attached hydrogen (secondary N) is 2. The highest BCUT2D eigenvalue weighted by molar-refractivity contribution is 6.34. The van der Waals surface area contributed by atoms with Gasteiger partial charge in [0, 0.05) is 11.3 Å². The molecule has 3 atom stereocenters. The second kappa shape index (κ2) is 4.70. The van der Waals surface area contributed by atoms with Crippen LogP contribution >= 0.6 is 11.6 Å². The minimum absolute atomic E-state index is 0.111. The number of nitrogens with zero attached hydrogens (tertiary/aromatic N) is 1. The summed E-state index contributed by atoms with van der Waals surface area (Å²) in [4.78, 5) is 12.5. The van der Waals surface area contributed by atoms with Gasteiger partial charge in [-0.05, 0) is 50.9 Å². The molecule has 0 unspecified atom stereocenters. The van der Waals surface area contributed by atoms with E-state index in [0.29, 0.717) is 28.1 Å². The summed E-state index contributed by atoms with van der Waals surface area (Å²) in [7, 11) is 0. The minimum atomic E-state index is -0.600. The van der Waals surface area contributed by atoms with Gasteiger partial charge in [-0.2, -0.15) is 0 Å². The molecule has 6 heteroatoms. The Hall–Kier alpha value is -1.59. The average molecular weight is 320 g/mol. The van der Waals surface area contributed by atoms with Crippen LogP contribution in [0.25, 0.3) is 11.0 Å². The van der Waals surface area contributed by atoms with Crippen molar-refractivity contribution in [1.82, 2.24) is 15.8 Å². The molecule has 1 saturated carbocycles. The van der Waals surface area contributed by atoms with Gasteiger partial charge in [-0.3, -0.25) is 4.79 Å². The van der Waals surface area contributed by atoms with Gasteiger partial charge in [-0.15, -0.1) is 0 Å². The van der Waals surface area contributed by atoms with E-state index in [1.807, 2.05) is 26.0 Å². The van der Waals surface area contributed by atoms with Crippen molar-refractivity contribution in [2.75, 3.05) is 13.1 Å². The molecular formula is C16H18ClN3O2. The molecule has 1 aromatic carbocycles. The summed E-state index contributed by atoms with van der Waals surface area (Å²) in [6.07, 6.45) is 0. The first-order valence-electron chi connectivity index (χ1n) is 7.56. The Morgan fingerprint density at radius 1 is 1.41 bits per heavy atom. The Labute approximate surface area is 133 Å².